The fourth-order valence-corrected chi connectivity index (χ4v) is 3.11. The summed E-state index contributed by atoms with van der Waals surface area (Å²) in [6, 6.07) is 0.462. The number of nitrogens with zero attached hydrogens (tertiary/aromatic N) is 4. The second-order valence-corrected chi connectivity index (χ2v) is 7.29. The van der Waals surface area contributed by atoms with Crippen molar-refractivity contribution in [1.29, 1.82) is 0 Å². The van der Waals surface area contributed by atoms with Gasteiger partial charge in [0.2, 0.25) is 11.2 Å². The van der Waals surface area contributed by atoms with E-state index in [0.29, 0.717) is 31.0 Å². The average Bonchev–Trinajstić information content (AvgIpc) is 3.35. The topological polar surface area (TPSA) is 62.1 Å². The van der Waals surface area contributed by atoms with Crippen LogP contribution in [0, 0.1) is 12.8 Å². The van der Waals surface area contributed by atoms with Gasteiger partial charge in [0.25, 0.3) is 0 Å². The number of hydrogen-bond acceptors (Lipinski definition) is 5. The SMILES string of the molecule is Cc1nn(C2CC2)cc1OCC1CC[C@@H]1Oc1nc(Cl)ncc1C(F)(F)F. The third-order valence-electron chi connectivity index (χ3n) is 4.89. The standard InChI is InChI=1S/C17H18ClF3N4O2/c1-9-14(7-25(24-9)11-3-4-11)26-8-10-2-5-13(10)27-15-12(17(19,20)21)6-22-16(18)23-15/h6-7,10-11,13H,2-5,8H2,1H3/t10?,13-/m0/s1. The molecule has 1 unspecified atom stereocenters. The van der Waals surface area contributed by atoms with Gasteiger partial charge in [-0.1, -0.05) is 0 Å². The molecule has 2 aromatic heterocycles. The van der Waals surface area contributed by atoms with Crippen molar-refractivity contribution in [2.24, 2.45) is 5.92 Å². The molecule has 0 aliphatic heterocycles. The van der Waals surface area contributed by atoms with Gasteiger partial charge in [-0.3, -0.25) is 4.68 Å². The maximum atomic E-state index is 13.1. The lowest BCUT2D eigenvalue weighted by atomic mass is 9.82. The van der Waals surface area contributed by atoms with Gasteiger partial charge in [-0.2, -0.15) is 23.3 Å². The van der Waals surface area contributed by atoms with Gasteiger partial charge in [-0.05, 0) is 44.2 Å². The summed E-state index contributed by atoms with van der Waals surface area (Å²) in [5, 5.41) is 4.15. The number of aromatic nitrogens is 4. The van der Waals surface area contributed by atoms with Gasteiger partial charge in [-0.25, -0.2) is 4.98 Å². The van der Waals surface area contributed by atoms with Crippen LogP contribution in [-0.4, -0.2) is 32.5 Å². The Labute approximate surface area is 158 Å². The lowest BCUT2D eigenvalue weighted by Crippen LogP contribution is -2.40. The number of alkyl halides is 3. The normalized spacial score (nSPS) is 22.4. The molecule has 0 spiro atoms. The minimum Gasteiger partial charge on any atom is -0.490 e. The van der Waals surface area contributed by atoms with Crippen molar-refractivity contribution in [3.05, 3.63) is 28.9 Å². The van der Waals surface area contributed by atoms with Crippen molar-refractivity contribution in [3.63, 3.8) is 0 Å². The van der Waals surface area contributed by atoms with E-state index >= 15 is 0 Å². The number of rotatable bonds is 6. The Kier molecular flexibility index (Phi) is 4.65. The van der Waals surface area contributed by atoms with Crippen molar-refractivity contribution in [3.8, 4) is 11.6 Å². The quantitative estimate of drug-likeness (QED) is 0.677. The van der Waals surface area contributed by atoms with Crippen LogP contribution in [0.5, 0.6) is 11.6 Å². The largest absolute Gasteiger partial charge is 0.490 e. The molecule has 10 heteroatoms. The molecule has 2 aromatic rings. The van der Waals surface area contributed by atoms with E-state index in [1.165, 1.54) is 0 Å². The van der Waals surface area contributed by atoms with Gasteiger partial charge in [0.05, 0.1) is 18.8 Å². The molecule has 27 heavy (non-hydrogen) atoms. The first-order chi connectivity index (χ1) is 12.8. The molecule has 2 aliphatic carbocycles. The van der Waals surface area contributed by atoms with Gasteiger partial charge in [0.1, 0.15) is 17.4 Å². The van der Waals surface area contributed by atoms with E-state index in [-0.39, 0.29) is 11.2 Å². The first-order valence-corrected chi connectivity index (χ1v) is 9.14. The Morgan fingerprint density at radius 3 is 2.67 bits per heavy atom. The summed E-state index contributed by atoms with van der Waals surface area (Å²) >= 11 is 5.64. The van der Waals surface area contributed by atoms with E-state index < -0.39 is 23.7 Å². The zero-order valence-electron chi connectivity index (χ0n) is 14.5. The summed E-state index contributed by atoms with van der Waals surface area (Å²) in [4.78, 5) is 7.02. The monoisotopic (exact) mass is 402 g/mol. The molecular formula is C17H18ClF3N4O2. The first-order valence-electron chi connectivity index (χ1n) is 8.76. The Bertz CT molecular complexity index is 838. The Hall–Kier alpha value is -2.03. The van der Waals surface area contributed by atoms with E-state index in [9.17, 15) is 13.2 Å². The van der Waals surface area contributed by atoms with E-state index in [1.54, 1.807) is 0 Å². The maximum Gasteiger partial charge on any atom is 0.423 e. The Morgan fingerprint density at radius 1 is 1.26 bits per heavy atom. The molecular weight excluding hydrogens is 385 g/mol. The van der Waals surface area contributed by atoms with Crippen LogP contribution in [0.4, 0.5) is 13.2 Å². The molecule has 2 heterocycles. The summed E-state index contributed by atoms with van der Waals surface area (Å²) in [5.41, 5.74) is -0.222. The van der Waals surface area contributed by atoms with Crippen molar-refractivity contribution in [1.82, 2.24) is 19.7 Å². The van der Waals surface area contributed by atoms with Gasteiger partial charge in [-0.15, -0.1) is 0 Å². The van der Waals surface area contributed by atoms with Crippen molar-refractivity contribution in [2.75, 3.05) is 6.61 Å². The molecule has 0 N–H and O–H groups in total. The Morgan fingerprint density at radius 2 is 2.04 bits per heavy atom. The van der Waals surface area contributed by atoms with Crippen LogP contribution in [0.1, 0.15) is 43.0 Å². The third-order valence-corrected chi connectivity index (χ3v) is 5.07. The second-order valence-electron chi connectivity index (χ2n) is 6.95. The molecule has 2 fully saturated rings. The highest BCUT2D eigenvalue weighted by atomic mass is 35.5. The van der Waals surface area contributed by atoms with Crippen LogP contribution in [0.15, 0.2) is 12.4 Å². The second kappa shape index (κ2) is 6.85. The van der Waals surface area contributed by atoms with E-state index in [1.807, 2.05) is 17.8 Å². The van der Waals surface area contributed by atoms with Crippen LogP contribution in [0.2, 0.25) is 5.28 Å². The predicted octanol–water partition coefficient (Wildman–Crippen LogP) is 4.23. The molecule has 2 aliphatic rings. The van der Waals surface area contributed by atoms with Crippen molar-refractivity contribution in [2.45, 2.75) is 50.9 Å². The Balaban J connectivity index is 1.39. The molecule has 6 nitrogen and oxygen atoms in total. The molecule has 2 saturated carbocycles. The average molecular weight is 403 g/mol. The lowest BCUT2D eigenvalue weighted by Gasteiger charge is -2.36. The van der Waals surface area contributed by atoms with E-state index in [4.69, 9.17) is 21.1 Å². The van der Waals surface area contributed by atoms with E-state index in [0.717, 1.165) is 25.0 Å². The highest BCUT2D eigenvalue weighted by Gasteiger charge is 2.40. The van der Waals surface area contributed by atoms with Crippen LogP contribution >= 0.6 is 11.6 Å². The van der Waals surface area contributed by atoms with Gasteiger partial charge in [0, 0.05) is 12.1 Å². The molecule has 2 atom stereocenters. The smallest absolute Gasteiger partial charge is 0.423 e. The number of aryl methyl sites for hydroxylation is 1. The minimum absolute atomic E-state index is 0.0245. The van der Waals surface area contributed by atoms with Gasteiger partial charge in [0.15, 0.2) is 5.75 Å². The van der Waals surface area contributed by atoms with Crippen LogP contribution in [0.3, 0.4) is 0 Å². The number of halogens is 4. The zero-order chi connectivity index (χ0) is 19.2. The summed E-state index contributed by atoms with van der Waals surface area (Å²) in [6.45, 7) is 2.23. The third kappa shape index (κ3) is 3.97. The molecule has 0 saturated heterocycles. The van der Waals surface area contributed by atoms with Crippen LogP contribution in [-0.2, 0) is 6.18 Å². The summed E-state index contributed by atoms with van der Waals surface area (Å²) in [5.74, 6) is 0.145. The highest BCUT2D eigenvalue weighted by molar-refractivity contribution is 6.28. The zero-order valence-corrected chi connectivity index (χ0v) is 15.3. The predicted molar refractivity (Wildman–Crippen MR) is 89.9 cm³/mol. The number of hydrogen-bond donors (Lipinski definition) is 0. The van der Waals surface area contributed by atoms with Crippen molar-refractivity contribution >= 4 is 11.6 Å². The number of ether oxygens (including phenoxy) is 2. The molecule has 0 bridgehead atoms. The fourth-order valence-electron chi connectivity index (χ4n) is 2.99. The summed E-state index contributed by atoms with van der Waals surface area (Å²) in [6.07, 6.45) is 1.20. The fraction of sp³-hybridized carbons (Fsp3) is 0.588. The van der Waals surface area contributed by atoms with Gasteiger partial charge < -0.3 is 9.47 Å². The van der Waals surface area contributed by atoms with E-state index in [2.05, 4.69) is 15.1 Å². The lowest BCUT2D eigenvalue weighted by molar-refractivity contribution is -0.140. The van der Waals surface area contributed by atoms with Crippen LogP contribution in [0.25, 0.3) is 0 Å². The molecule has 0 radical (unpaired) electrons. The highest BCUT2D eigenvalue weighted by Crippen LogP contribution is 2.39. The van der Waals surface area contributed by atoms with Crippen LogP contribution < -0.4 is 9.47 Å². The maximum absolute atomic E-state index is 13.1. The molecule has 146 valence electrons. The minimum atomic E-state index is -4.61. The molecule has 0 aromatic carbocycles. The van der Waals surface area contributed by atoms with Crippen molar-refractivity contribution < 1.29 is 22.6 Å². The molecule has 0 amide bonds. The van der Waals surface area contributed by atoms with Gasteiger partial charge >= 0.3 is 6.18 Å². The summed E-state index contributed by atoms with van der Waals surface area (Å²) < 4.78 is 52.6. The molecule has 4 rings (SSSR count). The first kappa shape index (κ1) is 18.3. The summed E-state index contributed by atoms with van der Waals surface area (Å²) in [7, 11) is 0.